The van der Waals surface area contributed by atoms with E-state index in [2.05, 4.69) is 11.1 Å². The zero-order valence-electron chi connectivity index (χ0n) is 9.12. The predicted octanol–water partition coefficient (Wildman–Crippen LogP) is 1.69. The molecular weight excluding hydrogens is 190 g/mol. The number of benzene rings is 1. The zero-order chi connectivity index (χ0) is 10.7. The molecule has 0 N–H and O–H groups in total. The van der Waals surface area contributed by atoms with Crippen molar-refractivity contribution in [3.05, 3.63) is 29.3 Å². The maximum absolute atomic E-state index is 5.34. The van der Waals surface area contributed by atoms with Crippen LogP contribution >= 0.6 is 0 Å². The molecule has 1 aliphatic heterocycles. The summed E-state index contributed by atoms with van der Waals surface area (Å²) in [6.45, 7) is 1.40. The van der Waals surface area contributed by atoms with E-state index in [1.54, 1.807) is 14.2 Å². The molecule has 0 radical (unpaired) electrons. The SMILES string of the molecule is COCC1=NCCc2c(OC)cccc21. The molecule has 1 heterocycles. The topological polar surface area (TPSA) is 30.8 Å². The van der Waals surface area contributed by atoms with Crippen molar-refractivity contribution in [3.8, 4) is 5.75 Å². The number of nitrogens with zero attached hydrogens (tertiary/aromatic N) is 1. The van der Waals surface area contributed by atoms with Crippen LogP contribution in [0.2, 0.25) is 0 Å². The van der Waals surface area contributed by atoms with Gasteiger partial charge >= 0.3 is 0 Å². The van der Waals surface area contributed by atoms with Crippen LogP contribution in [-0.4, -0.2) is 33.1 Å². The molecule has 3 heteroatoms. The summed E-state index contributed by atoms with van der Waals surface area (Å²) in [5.74, 6) is 0.955. The van der Waals surface area contributed by atoms with E-state index in [1.807, 2.05) is 12.1 Å². The Bertz CT molecular complexity index is 385. The Morgan fingerprint density at radius 1 is 1.33 bits per heavy atom. The van der Waals surface area contributed by atoms with Crippen LogP contribution < -0.4 is 4.74 Å². The second-order valence-corrected chi connectivity index (χ2v) is 3.50. The highest BCUT2D eigenvalue weighted by Crippen LogP contribution is 2.26. The van der Waals surface area contributed by atoms with E-state index in [0.29, 0.717) is 6.61 Å². The van der Waals surface area contributed by atoms with Crippen LogP contribution in [0.3, 0.4) is 0 Å². The average Bonchev–Trinajstić information content (AvgIpc) is 2.29. The predicted molar refractivity (Wildman–Crippen MR) is 60.0 cm³/mol. The van der Waals surface area contributed by atoms with Crippen molar-refractivity contribution in [1.82, 2.24) is 0 Å². The van der Waals surface area contributed by atoms with Gasteiger partial charge in [-0.25, -0.2) is 0 Å². The first-order chi connectivity index (χ1) is 7.36. The van der Waals surface area contributed by atoms with Gasteiger partial charge in [0, 0.05) is 24.8 Å². The molecule has 1 aromatic rings. The van der Waals surface area contributed by atoms with Gasteiger partial charge in [-0.1, -0.05) is 12.1 Å². The van der Waals surface area contributed by atoms with Gasteiger partial charge in [0.05, 0.1) is 19.4 Å². The molecular formula is C12H15NO2. The van der Waals surface area contributed by atoms with Gasteiger partial charge in [-0.3, -0.25) is 4.99 Å². The summed E-state index contributed by atoms with van der Waals surface area (Å²) in [7, 11) is 3.40. The van der Waals surface area contributed by atoms with Crippen LogP contribution in [0.15, 0.2) is 23.2 Å². The maximum atomic E-state index is 5.34. The summed E-state index contributed by atoms with van der Waals surface area (Å²) in [5.41, 5.74) is 3.45. The van der Waals surface area contributed by atoms with Crippen molar-refractivity contribution in [2.45, 2.75) is 6.42 Å². The molecule has 0 amide bonds. The summed E-state index contributed by atoms with van der Waals surface area (Å²) in [5, 5.41) is 0. The van der Waals surface area contributed by atoms with Crippen LogP contribution in [0.1, 0.15) is 11.1 Å². The third kappa shape index (κ3) is 1.88. The largest absolute Gasteiger partial charge is 0.496 e. The second kappa shape index (κ2) is 4.45. The third-order valence-electron chi connectivity index (χ3n) is 2.61. The molecule has 0 fully saturated rings. The normalized spacial score (nSPS) is 14.4. The molecule has 80 valence electrons. The minimum Gasteiger partial charge on any atom is -0.496 e. The molecule has 0 spiro atoms. The van der Waals surface area contributed by atoms with E-state index < -0.39 is 0 Å². The number of rotatable bonds is 3. The van der Waals surface area contributed by atoms with Gasteiger partial charge in [0.1, 0.15) is 5.75 Å². The van der Waals surface area contributed by atoms with Crippen molar-refractivity contribution < 1.29 is 9.47 Å². The number of fused-ring (bicyclic) bond motifs is 1. The molecule has 1 aromatic carbocycles. The molecule has 3 nitrogen and oxygen atoms in total. The Balaban J connectivity index is 2.42. The van der Waals surface area contributed by atoms with E-state index in [9.17, 15) is 0 Å². The highest BCUT2D eigenvalue weighted by atomic mass is 16.5. The van der Waals surface area contributed by atoms with Crippen molar-refractivity contribution in [3.63, 3.8) is 0 Å². The van der Waals surface area contributed by atoms with Crippen molar-refractivity contribution in [1.29, 1.82) is 0 Å². The van der Waals surface area contributed by atoms with Gasteiger partial charge in [0.25, 0.3) is 0 Å². The van der Waals surface area contributed by atoms with E-state index in [0.717, 1.165) is 24.4 Å². The number of aliphatic imine (C=N–C) groups is 1. The molecule has 15 heavy (non-hydrogen) atoms. The molecule has 0 aliphatic carbocycles. The number of hydrogen-bond donors (Lipinski definition) is 0. The van der Waals surface area contributed by atoms with E-state index in [4.69, 9.17) is 9.47 Å². The molecule has 2 rings (SSSR count). The Labute approximate surface area is 89.7 Å². The molecule has 0 unspecified atom stereocenters. The third-order valence-corrected chi connectivity index (χ3v) is 2.61. The molecule has 0 bridgehead atoms. The summed E-state index contributed by atoms with van der Waals surface area (Å²) < 4.78 is 10.5. The molecule has 1 aliphatic rings. The number of ether oxygens (including phenoxy) is 2. The summed E-state index contributed by atoms with van der Waals surface area (Å²) >= 11 is 0. The second-order valence-electron chi connectivity index (χ2n) is 3.50. The van der Waals surface area contributed by atoms with E-state index in [-0.39, 0.29) is 0 Å². The Morgan fingerprint density at radius 2 is 2.20 bits per heavy atom. The lowest BCUT2D eigenvalue weighted by Gasteiger charge is -2.18. The van der Waals surface area contributed by atoms with Crippen molar-refractivity contribution >= 4 is 5.71 Å². The maximum Gasteiger partial charge on any atom is 0.122 e. The highest BCUT2D eigenvalue weighted by Gasteiger charge is 2.16. The van der Waals surface area contributed by atoms with Gasteiger partial charge < -0.3 is 9.47 Å². The fourth-order valence-electron chi connectivity index (χ4n) is 1.93. The quantitative estimate of drug-likeness (QED) is 0.751. The number of methoxy groups -OCH3 is 2. The summed E-state index contributed by atoms with van der Waals surface area (Å²) in [6.07, 6.45) is 0.951. The molecule has 0 saturated carbocycles. The van der Waals surface area contributed by atoms with Gasteiger partial charge in [-0.2, -0.15) is 0 Å². The number of hydrogen-bond acceptors (Lipinski definition) is 3. The fourth-order valence-corrected chi connectivity index (χ4v) is 1.93. The smallest absolute Gasteiger partial charge is 0.122 e. The van der Waals surface area contributed by atoms with E-state index in [1.165, 1.54) is 11.1 Å². The first-order valence-electron chi connectivity index (χ1n) is 5.05. The Kier molecular flexibility index (Phi) is 3.02. The lowest BCUT2D eigenvalue weighted by molar-refractivity contribution is 0.245. The Hall–Kier alpha value is -1.35. The summed E-state index contributed by atoms with van der Waals surface area (Å²) in [4.78, 5) is 4.47. The Morgan fingerprint density at radius 3 is 2.93 bits per heavy atom. The lowest BCUT2D eigenvalue weighted by atomic mass is 9.97. The van der Waals surface area contributed by atoms with Crippen LogP contribution in [0.5, 0.6) is 5.75 Å². The monoisotopic (exact) mass is 205 g/mol. The molecule has 0 atom stereocenters. The zero-order valence-corrected chi connectivity index (χ0v) is 9.12. The molecule has 0 saturated heterocycles. The van der Waals surface area contributed by atoms with Crippen LogP contribution in [0, 0.1) is 0 Å². The first-order valence-corrected chi connectivity index (χ1v) is 5.05. The summed E-state index contributed by atoms with van der Waals surface area (Å²) in [6, 6.07) is 6.07. The molecule has 0 aromatic heterocycles. The van der Waals surface area contributed by atoms with Crippen LogP contribution in [0.25, 0.3) is 0 Å². The van der Waals surface area contributed by atoms with Crippen LogP contribution in [0.4, 0.5) is 0 Å². The standard InChI is InChI=1S/C12H15NO2/c1-14-8-11-9-4-3-5-12(15-2)10(9)6-7-13-11/h3-5H,6-8H2,1-2H3. The lowest BCUT2D eigenvalue weighted by Crippen LogP contribution is -2.18. The fraction of sp³-hybridized carbons (Fsp3) is 0.417. The van der Waals surface area contributed by atoms with Gasteiger partial charge in [0.15, 0.2) is 0 Å². The average molecular weight is 205 g/mol. The van der Waals surface area contributed by atoms with Crippen molar-refractivity contribution in [2.75, 3.05) is 27.4 Å². The van der Waals surface area contributed by atoms with Crippen LogP contribution in [-0.2, 0) is 11.2 Å². The van der Waals surface area contributed by atoms with Crippen molar-refractivity contribution in [2.24, 2.45) is 4.99 Å². The van der Waals surface area contributed by atoms with E-state index >= 15 is 0 Å². The highest BCUT2D eigenvalue weighted by molar-refractivity contribution is 6.04. The minimum atomic E-state index is 0.570. The van der Waals surface area contributed by atoms with Gasteiger partial charge in [-0.15, -0.1) is 0 Å². The first kappa shape index (κ1) is 10.2. The van der Waals surface area contributed by atoms with Gasteiger partial charge in [0.2, 0.25) is 0 Å². The minimum absolute atomic E-state index is 0.570. The van der Waals surface area contributed by atoms with Gasteiger partial charge in [-0.05, 0) is 12.5 Å².